The molecule has 24 heavy (non-hydrogen) atoms. The van der Waals surface area contributed by atoms with Gasteiger partial charge in [-0.25, -0.2) is 9.98 Å². The predicted molar refractivity (Wildman–Crippen MR) is 100 cm³/mol. The molecular weight excluding hydrogens is 423 g/mol. The van der Waals surface area contributed by atoms with Gasteiger partial charge >= 0.3 is 0 Å². The highest BCUT2D eigenvalue weighted by Gasteiger charge is 2.12. The Bertz CT molecular complexity index is 642. The number of guanidine groups is 1. The van der Waals surface area contributed by atoms with Crippen LogP contribution in [-0.4, -0.2) is 52.3 Å². The molecule has 0 radical (unpaired) electrons. The minimum atomic E-state index is 0. The highest BCUT2D eigenvalue weighted by molar-refractivity contribution is 14.0. The van der Waals surface area contributed by atoms with Crippen molar-refractivity contribution in [1.29, 1.82) is 0 Å². The van der Waals surface area contributed by atoms with Gasteiger partial charge in [0.2, 0.25) is 0 Å². The Labute approximate surface area is 157 Å². The van der Waals surface area contributed by atoms with Gasteiger partial charge in [0.15, 0.2) is 17.6 Å². The predicted octanol–water partition coefficient (Wildman–Crippen LogP) is 1.15. The Morgan fingerprint density at radius 1 is 1.29 bits per heavy atom. The molecule has 3 N–H and O–H groups in total. The maximum Gasteiger partial charge on any atom is 0.191 e. The lowest BCUT2D eigenvalue weighted by molar-refractivity contribution is 0.0674. The summed E-state index contributed by atoms with van der Waals surface area (Å²) in [5.74, 6) is 2.54. The van der Waals surface area contributed by atoms with E-state index in [-0.39, 0.29) is 24.0 Å². The number of aromatic nitrogens is 3. The van der Waals surface area contributed by atoms with Gasteiger partial charge in [0, 0.05) is 13.1 Å². The molecule has 0 spiro atoms. The van der Waals surface area contributed by atoms with Crippen LogP contribution in [-0.2, 0) is 17.9 Å². The van der Waals surface area contributed by atoms with E-state index in [9.17, 15) is 0 Å². The van der Waals surface area contributed by atoms with Crippen LogP contribution >= 0.6 is 24.0 Å². The van der Waals surface area contributed by atoms with Crippen LogP contribution in [0.5, 0.6) is 5.75 Å². The Hall–Kier alpha value is -1.88. The summed E-state index contributed by atoms with van der Waals surface area (Å²) < 4.78 is 10.9. The molecule has 8 nitrogen and oxygen atoms in total. The van der Waals surface area contributed by atoms with Crippen LogP contribution in [0, 0.1) is 0 Å². The second-order valence-electron chi connectivity index (χ2n) is 5.07. The largest absolute Gasteiger partial charge is 0.486 e. The van der Waals surface area contributed by atoms with Gasteiger partial charge in [0.05, 0.1) is 13.2 Å². The summed E-state index contributed by atoms with van der Waals surface area (Å²) in [6, 6.07) is 9.57. The average molecular weight is 444 g/mol. The number of rotatable bonds is 5. The standard InChI is InChI=1S/C15H20N6O2.HI/c16-15(21-6-8-22-9-7-21)17-10-13-18-14(20-19-13)11-23-12-4-2-1-3-5-12;/h1-5H,6-11H2,(H2,16,17)(H,18,19,20);1H. The lowest BCUT2D eigenvalue weighted by Crippen LogP contribution is -2.44. The van der Waals surface area contributed by atoms with Gasteiger partial charge in [-0.05, 0) is 12.1 Å². The number of hydrogen-bond acceptors (Lipinski definition) is 5. The van der Waals surface area contributed by atoms with Crippen LogP contribution < -0.4 is 10.5 Å². The van der Waals surface area contributed by atoms with Crippen LogP contribution in [0.1, 0.15) is 11.6 Å². The maximum absolute atomic E-state index is 5.97. The van der Waals surface area contributed by atoms with E-state index in [2.05, 4.69) is 20.2 Å². The average Bonchev–Trinajstić information content (AvgIpc) is 3.07. The van der Waals surface area contributed by atoms with Gasteiger partial charge in [-0.2, -0.15) is 5.10 Å². The van der Waals surface area contributed by atoms with Crippen molar-refractivity contribution in [3.63, 3.8) is 0 Å². The number of benzene rings is 1. The first-order valence-corrected chi connectivity index (χ1v) is 7.52. The van der Waals surface area contributed by atoms with E-state index in [4.69, 9.17) is 15.2 Å². The molecule has 9 heteroatoms. The zero-order valence-electron chi connectivity index (χ0n) is 13.2. The van der Waals surface area contributed by atoms with E-state index in [1.165, 1.54) is 0 Å². The first-order valence-electron chi connectivity index (χ1n) is 7.52. The Morgan fingerprint density at radius 2 is 2.04 bits per heavy atom. The van der Waals surface area contributed by atoms with Gasteiger partial charge in [0.25, 0.3) is 0 Å². The molecule has 1 fully saturated rings. The number of morpholine rings is 1. The van der Waals surface area contributed by atoms with E-state index in [0.29, 0.717) is 44.0 Å². The zero-order valence-corrected chi connectivity index (χ0v) is 15.6. The van der Waals surface area contributed by atoms with Gasteiger partial charge < -0.3 is 20.1 Å². The van der Waals surface area contributed by atoms with Crippen molar-refractivity contribution in [2.75, 3.05) is 26.3 Å². The molecule has 3 rings (SSSR count). The molecule has 1 aromatic carbocycles. The summed E-state index contributed by atoms with van der Waals surface area (Å²) in [6.07, 6.45) is 0. The van der Waals surface area contributed by atoms with Crippen molar-refractivity contribution in [2.45, 2.75) is 13.2 Å². The number of aliphatic imine (C=N–C) groups is 1. The number of H-pyrrole nitrogens is 1. The Morgan fingerprint density at radius 3 is 2.79 bits per heavy atom. The molecule has 0 aliphatic carbocycles. The number of nitrogens with zero attached hydrogens (tertiary/aromatic N) is 4. The van der Waals surface area contributed by atoms with E-state index in [0.717, 1.165) is 18.8 Å². The number of halogens is 1. The summed E-state index contributed by atoms with van der Waals surface area (Å²) in [5, 5.41) is 6.97. The van der Waals surface area contributed by atoms with Crippen LogP contribution in [0.4, 0.5) is 0 Å². The summed E-state index contributed by atoms with van der Waals surface area (Å²) in [5.41, 5.74) is 5.97. The summed E-state index contributed by atoms with van der Waals surface area (Å²) in [4.78, 5) is 10.7. The van der Waals surface area contributed by atoms with E-state index in [1.807, 2.05) is 35.2 Å². The number of aromatic amines is 1. The second-order valence-corrected chi connectivity index (χ2v) is 5.07. The third-order valence-electron chi connectivity index (χ3n) is 3.41. The molecule has 1 aliphatic rings. The van der Waals surface area contributed by atoms with Gasteiger partial charge in [-0.3, -0.25) is 5.10 Å². The van der Waals surface area contributed by atoms with E-state index in [1.54, 1.807) is 0 Å². The summed E-state index contributed by atoms with van der Waals surface area (Å²) >= 11 is 0. The van der Waals surface area contributed by atoms with Crippen molar-refractivity contribution < 1.29 is 9.47 Å². The number of ether oxygens (including phenoxy) is 2. The first-order chi connectivity index (χ1) is 11.3. The molecule has 0 atom stereocenters. The van der Waals surface area contributed by atoms with Crippen LogP contribution in [0.25, 0.3) is 0 Å². The third kappa shape index (κ3) is 5.34. The number of nitrogens with two attached hydrogens (primary N) is 1. The highest BCUT2D eigenvalue weighted by Crippen LogP contribution is 2.10. The SMILES string of the molecule is I.NC(=NCc1n[nH]c(COc2ccccc2)n1)N1CCOCC1. The van der Waals surface area contributed by atoms with Crippen LogP contribution in [0.15, 0.2) is 35.3 Å². The molecule has 1 aliphatic heterocycles. The van der Waals surface area contributed by atoms with Crippen molar-refractivity contribution in [3.05, 3.63) is 42.0 Å². The second kappa shape index (κ2) is 9.42. The molecule has 0 saturated carbocycles. The van der Waals surface area contributed by atoms with Gasteiger partial charge in [-0.1, -0.05) is 18.2 Å². The van der Waals surface area contributed by atoms with Gasteiger partial charge in [-0.15, -0.1) is 24.0 Å². The molecule has 0 bridgehead atoms. The number of hydrogen-bond donors (Lipinski definition) is 2. The van der Waals surface area contributed by atoms with Crippen molar-refractivity contribution >= 4 is 29.9 Å². The molecule has 1 saturated heterocycles. The van der Waals surface area contributed by atoms with Crippen molar-refractivity contribution in [2.24, 2.45) is 10.7 Å². The van der Waals surface area contributed by atoms with Crippen molar-refractivity contribution in [1.82, 2.24) is 20.1 Å². The van der Waals surface area contributed by atoms with Gasteiger partial charge in [0.1, 0.15) is 18.9 Å². The molecule has 0 amide bonds. The Balaban J connectivity index is 0.00000208. The summed E-state index contributed by atoms with van der Waals surface area (Å²) in [6.45, 7) is 3.55. The highest BCUT2D eigenvalue weighted by atomic mass is 127. The van der Waals surface area contributed by atoms with E-state index >= 15 is 0 Å². The topological polar surface area (TPSA) is 102 Å². The van der Waals surface area contributed by atoms with Crippen LogP contribution in [0.3, 0.4) is 0 Å². The lowest BCUT2D eigenvalue weighted by atomic mass is 10.3. The Kier molecular flexibility index (Phi) is 7.25. The molecular formula is C15H21IN6O2. The zero-order chi connectivity index (χ0) is 15.9. The summed E-state index contributed by atoms with van der Waals surface area (Å²) in [7, 11) is 0. The van der Waals surface area contributed by atoms with E-state index < -0.39 is 0 Å². The van der Waals surface area contributed by atoms with Crippen molar-refractivity contribution in [3.8, 4) is 5.75 Å². The minimum Gasteiger partial charge on any atom is -0.486 e. The molecule has 130 valence electrons. The molecule has 2 heterocycles. The lowest BCUT2D eigenvalue weighted by Gasteiger charge is -2.27. The fourth-order valence-corrected chi connectivity index (χ4v) is 2.18. The fourth-order valence-electron chi connectivity index (χ4n) is 2.18. The number of nitrogens with one attached hydrogen (secondary N) is 1. The molecule has 1 aromatic heterocycles. The first kappa shape index (κ1) is 18.5. The molecule has 2 aromatic rings. The van der Waals surface area contributed by atoms with Crippen LogP contribution in [0.2, 0.25) is 0 Å². The number of para-hydroxylation sites is 1. The maximum atomic E-state index is 5.97. The quantitative estimate of drug-likeness (QED) is 0.408. The smallest absolute Gasteiger partial charge is 0.191 e. The third-order valence-corrected chi connectivity index (χ3v) is 3.41. The minimum absolute atomic E-state index is 0. The fraction of sp³-hybridized carbons (Fsp3) is 0.400. The molecule has 0 unspecified atom stereocenters. The monoisotopic (exact) mass is 444 g/mol. The normalized spacial score (nSPS) is 15.0.